The predicted molar refractivity (Wildman–Crippen MR) is 116 cm³/mol. The second-order valence-corrected chi connectivity index (χ2v) is 8.83. The van der Waals surface area contributed by atoms with Crippen molar-refractivity contribution in [2.24, 2.45) is 5.92 Å². The molecule has 0 bridgehead atoms. The Morgan fingerprint density at radius 3 is 2.52 bits per heavy atom. The van der Waals surface area contributed by atoms with Crippen LogP contribution in [-0.2, 0) is 11.3 Å². The fourth-order valence-electron chi connectivity index (χ4n) is 2.89. The maximum atomic E-state index is 13.9. The molecule has 3 aromatic rings. The Morgan fingerprint density at radius 1 is 1.10 bits per heavy atom. The van der Waals surface area contributed by atoms with Gasteiger partial charge in [-0.3, -0.25) is 14.2 Å². The molecule has 3 rings (SSSR count). The van der Waals surface area contributed by atoms with Crippen LogP contribution in [0.15, 0.2) is 46.3 Å². The van der Waals surface area contributed by atoms with Gasteiger partial charge in [0.05, 0.1) is 21.8 Å². The summed E-state index contributed by atoms with van der Waals surface area (Å²) in [5, 5.41) is 2.32. The molecule has 1 heterocycles. The summed E-state index contributed by atoms with van der Waals surface area (Å²) in [7, 11) is 0. The van der Waals surface area contributed by atoms with Crippen LogP contribution in [-0.4, -0.2) is 20.7 Å². The van der Waals surface area contributed by atoms with Crippen LogP contribution in [0.4, 0.5) is 18.9 Å². The van der Waals surface area contributed by atoms with E-state index >= 15 is 0 Å². The number of para-hydroxylation sites is 1. The zero-order valence-corrected chi connectivity index (χ0v) is 18.1. The summed E-state index contributed by atoms with van der Waals surface area (Å²) >= 11 is 1.04. The maximum Gasteiger partial charge on any atom is 0.262 e. The number of carbonyl (C=O) groups is 1. The average molecular weight is 449 g/mol. The summed E-state index contributed by atoms with van der Waals surface area (Å²) < 4.78 is 42.0. The Hall–Kier alpha value is -2.81. The van der Waals surface area contributed by atoms with Crippen molar-refractivity contribution < 1.29 is 18.0 Å². The molecule has 2 aromatic carbocycles. The number of amides is 1. The first kappa shape index (κ1) is 22.9. The zero-order chi connectivity index (χ0) is 22.7. The van der Waals surface area contributed by atoms with Crippen molar-refractivity contribution in [2.75, 3.05) is 5.32 Å². The lowest BCUT2D eigenvalue weighted by Gasteiger charge is -2.17. The standard InChI is InChI=1S/C22H22F3N3O2S/c1-12(2)10-11-28-21(30)14-6-4-5-7-16(14)27-22(28)31-13(3)20(29)26-17-9-8-15(23)18(24)19(17)25/h4-9,12-13H,10-11H2,1-3H3,(H,26,29). The molecule has 0 fully saturated rings. The zero-order valence-electron chi connectivity index (χ0n) is 17.3. The number of hydrogen-bond acceptors (Lipinski definition) is 4. The number of thioether (sulfide) groups is 1. The topological polar surface area (TPSA) is 64.0 Å². The van der Waals surface area contributed by atoms with E-state index in [0.29, 0.717) is 28.5 Å². The van der Waals surface area contributed by atoms with Gasteiger partial charge in [0.2, 0.25) is 5.91 Å². The fourth-order valence-corrected chi connectivity index (χ4v) is 3.83. The van der Waals surface area contributed by atoms with Crippen molar-refractivity contribution in [2.45, 2.75) is 44.1 Å². The Kier molecular flexibility index (Phi) is 7.04. The smallest absolute Gasteiger partial charge is 0.262 e. The second kappa shape index (κ2) is 9.55. The summed E-state index contributed by atoms with van der Waals surface area (Å²) in [6.45, 7) is 6.08. The molecule has 1 aromatic heterocycles. The predicted octanol–water partition coefficient (Wildman–Crippen LogP) is 4.98. The Labute approximate surface area is 181 Å². The molecule has 0 saturated heterocycles. The largest absolute Gasteiger partial charge is 0.323 e. The molecular formula is C22H22F3N3O2S. The lowest BCUT2D eigenvalue weighted by Crippen LogP contribution is -2.27. The van der Waals surface area contributed by atoms with E-state index in [9.17, 15) is 22.8 Å². The summed E-state index contributed by atoms with van der Waals surface area (Å²) in [5.74, 6) is -4.74. The lowest BCUT2D eigenvalue weighted by molar-refractivity contribution is -0.115. The van der Waals surface area contributed by atoms with Gasteiger partial charge in [-0.25, -0.2) is 18.2 Å². The minimum Gasteiger partial charge on any atom is -0.323 e. The van der Waals surface area contributed by atoms with Crippen LogP contribution in [0, 0.1) is 23.4 Å². The number of aromatic nitrogens is 2. The molecule has 1 unspecified atom stereocenters. The highest BCUT2D eigenvalue weighted by atomic mass is 32.2. The van der Waals surface area contributed by atoms with Gasteiger partial charge in [0, 0.05) is 6.54 Å². The third kappa shape index (κ3) is 5.10. The van der Waals surface area contributed by atoms with Gasteiger partial charge in [0.1, 0.15) is 0 Å². The van der Waals surface area contributed by atoms with Gasteiger partial charge >= 0.3 is 0 Å². The van der Waals surface area contributed by atoms with Crippen LogP contribution < -0.4 is 10.9 Å². The number of nitrogens with zero attached hydrogens (tertiary/aromatic N) is 2. The molecule has 5 nitrogen and oxygen atoms in total. The maximum absolute atomic E-state index is 13.9. The molecule has 1 amide bonds. The second-order valence-electron chi connectivity index (χ2n) is 7.52. The van der Waals surface area contributed by atoms with Crippen LogP contribution in [0.25, 0.3) is 10.9 Å². The average Bonchev–Trinajstić information content (AvgIpc) is 2.73. The first-order valence-corrected chi connectivity index (χ1v) is 10.7. The van der Waals surface area contributed by atoms with Gasteiger partial charge < -0.3 is 5.32 Å². The molecule has 0 aliphatic carbocycles. The van der Waals surface area contributed by atoms with Crippen LogP contribution in [0.1, 0.15) is 27.2 Å². The fraction of sp³-hybridized carbons (Fsp3) is 0.318. The molecule has 1 atom stereocenters. The first-order chi connectivity index (χ1) is 14.7. The molecule has 0 saturated carbocycles. The number of fused-ring (bicyclic) bond motifs is 1. The highest BCUT2D eigenvalue weighted by Crippen LogP contribution is 2.25. The monoisotopic (exact) mass is 449 g/mol. The Morgan fingerprint density at radius 2 is 1.81 bits per heavy atom. The van der Waals surface area contributed by atoms with Crippen molar-refractivity contribution in [3.05, 3.63) is 64.2 Å². The van der Waals surface area contributed by atoms with Gasteiger partial charge in [-0.2, -0.15) is 0 Å². The van der Waals surface area contributed by atoms with Crippen molar-refractivity contribution in [1.82, 2.24) is 9.55 Å². The summed E-state index contributed by atoms with van der Waals surface area (Å²) in [6, 6.07) is 8.64. The molecule has 0 spiro atoms. The van der Waals surface area contributed by atoms with E-state index < -0.39 is 34.3 Å². The summed E-state index contributed by atoms with van der Waals surface area (Å²) in [6.07, 6.45) is 0.744. The molecule has 9 heteroatoms. The number of carbonyl (C=O) groups excluding carboxylic acids is 1. The van der Waals surface area contributed by atoms with Gasteiger partial charge in [-0.05, 0) is 43.5 Å². The van der Waals surface area contributed by atoms with E-state index in [1.807, 2.05) is 13.8 Å². The number of benzene rings is 2. The Bertz CT molecular complexity index is 1180. The number of halogens is 3. The molecular weight excluding hydrogens is 427 g/mol. The van der Waals surface area contributed by atoms with Gasteiger partial charge in [-0.1, -0.05) is 37.7 Å². The number of hydrogen-bond donors (Lipinski definition) is 1. The van der Waals surface area contributed by atoms with Crippen molar-refractivity contribution in [3.8, 4) is 0 Å². The molecule has 0 aliphatic rings. The van der Waals surface area contributed by atoms with E-state index in [2.05, 4.69) is 10.3 Å². The van der Waals surface area contributed by atoms with Gasteiger partial charge in [0.15, 0.2) is 22.6 Å². The van der Waals surface area contributed by atoms with Gasteiger partial charge in [0.25, 0.3) is 5.56 Å². The van der Waals surface area contributed by atoms with E-state index in [4.69, 9.17) is 0 Å². The SMILES string of the molecule is CC(C)CCn1c(SC(C)C(=O)Nc2ccc(F)c(F)c2F)nc2ccccc2c1=O. The number of anilines is 1. The van der Waals surface area contributed by atoms with E-state index in [-0.39, 0.29) is 5.56 Å². The summed E-state index contributed by atoms with van der Waals surface area (Å²) in [5.41, 5.74) is -0.150. The van der Waals surface area contributed by atoms with Crippen LogP contribution in [0.3, 0.4) is 0 Å². The van der Waals surface area contributed by atoms with E-state index in [1.165, 1.54) is 4.57 Å². The normalized spacial score (nSPS) is 12.4. The van der Waals surface area contributed by atoms with Gasteiger partial charge in [-0.15, -0.1) is 0 Å². The third-order valence-electron chi connectivity index (χ3n) is 4.70. The number of nitrogens with one attached hydrogen (secondary N) is 1. The molecule has 0 radical (unpaired) electrons. The summed E-state index contributed by atoms with van der Waals surface area (Å²) in [4.78, 5) is 30.1. The van der Waals surface area contributed by atoms with Crippen LogP contribution in [0.5, 0.6) is 0 Å². The molecule has 1 N–H and O–H groups in total. The molecule has 31 heavy (non-hydrogen) atoms. The number of rotatable bonds is 7. The highest BCUT2D eigenvalue weighted by Gasteiger charge is 2.22. The van der Waals surface area contributed by atoms with Crippen molar-refractivity contribution in [3.63, 3.8) is 0 Å². The minimum atomic E-state index is -1.66. The van der Waals surface area contributed by atoms with Crippen LogP contribution in [0.2, 0.25) is 0 Å². The van der Waals surface area contributed by atoms with E-state index in [0.717, 1.165) is 30.3 Å². The minimum absolute atomic E-state index is 0.201. The molecule has 164 valence electrons. The molecule has 0 aliphatic heterocycles. The third-order valence-corrected chi connectivity index (χ3v) is 5.79. The highest BCUT2D eigenvalue weighted by molar-refractivity contribution is 8.00. The van der Waals surface area contributed by atoms with Crippen molar-refractivity contribution in [1.29, 1.82) is 0 Å². The lowest BCUT2D eigenvalue weighted by atomic mass is 10.1. The first-order valence-electron chi connectivity index (χ1n) is 9.79. The quantitative estimate of drug-likeness (QED) is 0.314. The van der Waals surface area contributed by atoms with Crippen molar-refractivity contribution >= 4 is 34.3 Å². The van der Waals surface area contributed by atoms with E-state index in [1.54, 1.807) is 31.2 Å². The Balaban J connectivity index is 1.89. The van der Waals surface area contributed by atoms with Crippen LogP contribution >= 0.6 is 11.8 Å².